The van der Waals surface area contributed by atoms with E-state index in [0.29, 0.717) is 5.75 Å². The SMILES string of the molecule is CCc1cccc(CC)c1NC(=O)COC(=O)CCSc1ccc(C)c(C)c1. The second kappa shape index (κ2) is 10.9. The van der Waals surface area contributed by atoms with Gasteiger partial charge in [0.2, 0.25) is 0 Å². The molecule has 0 aliphatic carbocycles. The summed E-state index contributed by atoms with van der Waals surface area (Å²) in [5, 5.41) is 2.91. The maximum Gasteiger partial charge on any atom is 0.307 e. The molecule has 0 saturated carbocycles. The number of thioether (sulfide) groups is 1. The summed E-state index contributed by atoms with van der Waals surface area (Å²) in [7, 11) is 0. The van der Waals surface area contributed by atoms with Gasteiger partial charge in [-0.1, -0.05) is 38.1 Å². The standard InChI is InChI=1S/C23H29NO3S/c1-5-18-8-7-9-19(6-2)23(18)24-21(25)15-27-22(26)12-13-28-20-11-10-16(3)17(4)14-20/h7-11,14H,5-6,12-13,15H2,1-4H3,(H,24,25). The molecule has 2 aromatic rings. The summed E-state index contributed by atoms with van der Waals surface area (Å²) in [4.78, 5) is 25.3. The van der Waals surface area contributed by atoms with Crippen molar-refractivity contribution < 1.29 is 14.3 Å². The maximum atomic E-state index is 12.2. The monoisotopic (exact) mass is 399 g/mol. The van der Waals surface area contributed by atoms with Gasteiger partial charge in [-0.15, -0.1) is 11.8 Å². The summed E-state index contributed by atoms with van der Waals surface area (Å²) in [6.07, 6.45) is 1.94. The lowest BCUT2D eigenvalue weighted by atomic mass is 10.0. The highest BCUT2D eigenvalue weighted by molar-refractivity contribution is 7.99. The van der Waals surface area contributed by atoms with E-state index < -0.39 is 0 Å². The molecule has 0 fully saturated rings. The molecule has 1 N–H and O–H groups in total. The number of carbonyl (C=O) groups is 2. The summed E-state index contributed by atoms with van der Waals surface area (Å²) < 4.78 is 5.14. The Balaban J connectivity index is 1.78. The average Bonchev–Trinajstić information content (AvgIpc) is 2.69. The first kappa shape index (κ1) is 22.0. The van der Waals surface area contributed by atoms with Crippen molar-refractivity contribution in [2.75, 3.05) is 17.7 Å². The zero-order valence-corrected chi connectivity index (χ0v) is 17.9. The molecule has 0 aromatic heterocycles. The van der Waals surface area contributed by atoms with Crippen molar-refractivity contribution in [3.05, 3.63) is 58.7 Å². The van der Waals surface area contributed by atoms with Crippen molar-refractivity contribution in [2.24, 2.45) is 0 Å². The van der Waals surface area contributed by atoms with E-state index >= 15 is 0 Å². The van der Waals surface area contributed by atoms with Crippen LogP contribution in [0.1, 0.15) is 42.5 Å². The number of hydrogen-bond donors (Lipinski definition) is 1. The van der Waals surface area contributed by atoms with E-state index in [2.05, 4.69) is 51.2 Å². The van der Waals surface area contributed by atoms with Gasteiger partial charge in [-0.3, -0.25) is 9.59 Å². The average molecular weight is 400 g/mol. The minimum Gasteiger partial charge on any atom is -0.456 e. The van der Waals surface area contributed by atoms with Crippen LogP contribution < -0.4 is 5.32 Å². The molecule has 28 heavy (non-hydrogen) atoms. The van der Waals surface area contributed by atoms with Crippen molar-refractivity contribution in [2.45, 2.75) is 51.9 Å². The van der Waals surface area contributed by atoms with E-state index in [4.69, 9.17) is 4.74 Å². The third-order valence-corrected chi connectivity index (χ3v) is 5.68. The van der Waals surface area contributed by atoms with Gasteiger partial charge in [0.15, 0.2) is 6.61 Å². The Kier molecular flexibility index (Phi) is 8.58. The van der Waals surface area contributed by atoms with Crippen molar-refractivity contribution in [1.29, 1.82) is 0 Å². The van der Waals surface area contributed by atoms with Gasteiger partial charge < -0.3 is 10.1 Å². The van der Waals surface area contributed by atoms with Gasteiger partial charge in [-0.05, 0) is 61.1 Å². The van der Waals surface area contributed by atoms with Crippen LogP contribution in [0, 0.1) is 13.8 Å². The number of anilines is 1. The van der Waals surface area contributed by atoms with Gasteiger partial charge in [0.1, 0.15) is 0 Å². The van der Waals surface area contributed by atoms with Gasteiger partial charge in [0.05, 0.1) is 6.42 Å². The van der Waals surface area contributed by atoms with Crippen LogP contribution in [0.2, 0.25) is 0 Å². The molecule has 5 heteroatoms. The van der Waals surface area contributed by atoms with Crippen LogP contribution >= 0.6 is 11.8 Å². The number of amides is 1. The quantitative estimate of drug-likeness (QED) is 0.471. The van der Waals surface area contributed by atoms with Crippen LogP contribution in [0.25, 0.3) is 0 Å². The molecule has 0 radical (unpaired) electrons. The Hall–Kier alpha value is -2.27. The number of hydrogen-bond acceptors (Lipinski definition) is 4. The minimum absolute atomic E-state index is 0.256. The Bertz CT molecular complexity index is 810. The normalized spacial score (nSPS) is 10.6. The fraction of sp³-hybridized carbons (Fsp3) is 0.391. The van der Waals surface area contributed by atoms with Crippen LogP contribution in [-0.2, 0) is 27.2 Å². The number of esters is 1. The number of carbonyl (C=O) groups excluding carboxylic acids is 2. The molecule has 0 aliphatic heterocycles. The lowest BCUT2D eigenvalue weighted by molar-refractivity contribution is -0.146. The van der Waals surface area contributed by atoms with Crippen LogP contribution in [0.4, 0.5) is 5.69 Å². The molecule has 150 valence electrons. The Labute approximate surface area is 172 Å². The van der Waals surface area contributed by atoms with Gasteiger partial charge in [-0.25, -0.2) is 0 Å². The molecule has 0 atom stereocenters. The lowest BCUT2D eigenvalue weighted by Gasteiger charge is -2.14. The van der Waals surface area contributed by atoms with E-state index in [1.165, 1.54) is 11.1 Å². The van der Waals surface area contributed by atoms with Gasteiger partial charge in [0, 0.05) is 16.3 Å². The highest BCUT2D eigenvalue weighted by Gasteiger charge is 2.12. The summed E-state index contributed by atoms with van der Waals surface area (Å²) in [6.45, 7) is 8.01. The highest BCUT2D eigenvalue weighted by Crippen LogP contribution is 2.23. The van der Waals surface area contributed by atoms with Crippen molar-refractivity contribution >= 4 is 29.3 Å². The third kappa shape index (κ3) is 6.41. The maximum absolute atomic E-state index is 12.2. The summed E-state index contributed by atoms with van der Waals surface area (Å²) in [6, 6.07) is 12.3. The molecule has 0 bridgehead atoms. The van der Waals surface area contributed by atoms with Crippen LogP contribution in [0.3, 0.4) is 0 Å². The zero-order chi connectivity index (χ0) is 20.5. The molecule has 4 nitrogen and oxygen atoms in total. The molecule has 2 rings (SSSR count). The van der Waals surface area contributed by atoms with E-state index in [9.17, 15) is 9.59 Å². The van der Waals surface area contributed by atoms with Crippen molar-refractivity contribution in [3.8, 4) is 0 Å². The molecular formula is C23H29NO3S. The lowest BCUT2D eigenvalue weighted by Crippen LogP contribution is -2.22. The molecule has 0 heterocycles. The van der Waals surface area contributed by atoms with E-state index in [0.717, 1.165) is 34.6 Å². The van der Waals surface area contributed by atoms with Crippen molar-refractivity contribution in [1.82, 2.24) is 0 Å². The topological polar surface area (TPSA) is 55.4 Å². The second-order valence-corrected chi connectivity index (χ2v) is 7.88. The zero-order valence-electron chi connectivity index (χ0n) is 17.1. The first-order valence-electron chi connectivity index (χ1n) is 9.70. The molecule has 2 aromatic carbocycles. The van der Waals surface area contributed by atoms with Crippen LogP contribution in [-0.4, -0.2) is 24.2 Å². The number of benzene rings is 2. The van der Waals surface area contributed by atoms with E-state index in [1.807, 2.05) is 18.2 Å². The minimum atomic E-state index is -0.356. The molecule has 0 saturated heterocycles. The summed E-state index contributed by atoms with van der Waals surface area (Å²) in [5.74, 6) is -0.0292. The second-order valence-electron chi connectivity index (χ2n) is 6.71. The van der Waals surface area contributed by atoms with E-state index in [1.54, 1.807) is 11.8 Å². The molecule has 0 aliphatic rings. The molecule has 1 amide bonds. The highest BCUT2D eigenvalue weighted by atomic mass is 32.2. The molecular weight excluding hydrogens is 370 g/mol. The Morgan fingerprint density at radius 2 is 1.68 bits per heavy atom. The number of nitrogens with one attached hydrogen (secondary N) is 1. The largest absolute Gasteiger partial charge is 0.456 e. The third-order valence-electron chi connectivity index (χ3n) is 4.68. The van der Waals surface area contributed by atoms with E-state index in [-0.39, 0.29) is 24.9 Å². The fourth-order valence-corrected chi connectivity index (χ4v) is 3.78. The number of rotatable bonds is 9. The van der Waals surface area contributed by atoms with Crippen LogP contribution in [0.5, 0.6) is 0 Å². The van der Waals surface area contributed by atoms with Crippen molar-refractivity contribution in [3.63, 3.8) is 0 Å². The number of aryl methyl sites for hydroxylation is 4. The van der Waals surface area contributed by atoms with Gasteiger partial charge >= 0.3 is 5.97 Å². The fourth-order valence-electron chi connectivity index (χ4n) is 2.85. The Morgan fingerprint density at radius 3 is 2.29 bits per heavy atom. The molecule has 0 spiro atoms. The number of para-hydroxylation sites is 1. The smallest absolute Gasteiger partial charge is 0.307 e. The number of ether oxygens (including phenoxy) is 1. The summed E-state index contributed by atoms with van der Waals surface area (Å²) >= 11 is 1.62. The molecule has 0 unspecified atom stereocenters. The van der Waals surface area contributed by atoms with Crippen LogP contribution in [0.15, 0.2) is 41.3 Å². The van der Waals surface area contributed by atoms with Gasteiger partial charge in [-0.2, -0.15) is 0 Å². The predicted molar refractivity (Wildman–Crippen MR) is 116 cm³/mol. The summed E-state index contributed by atoms with van der Waals surface area (Å²) in [5.41, 5.74) is 5.51. The van der Waals surface area contributed by atoms with Gasteiger partial charge in [0.25, 0.3) is 5.91 Å². The first-order valence-corrected chi connectivity index (χ1v) is 10.7. The predicted octanol–water partition coefficient (Wildman–Crippen LogP) is 5.09. The first-order chi connectivity index (χ1) is 13.4. The Morgan fingerprint density at radius 1 is 1.00 bits per heavy atom.